The van der Waals surface area contributed by atoms with Gasteiger partial charge >= 0.3 is 5.97 Å². The van der Waals surface area contributed by atoms with E-state index < -0.39 is 5.97 Å². The molecule has 0 fully saturated rings. The number of methoxy groups -OCH3 is 1. The predicted octanol–water partition coefficient (Wildman–Crippen LogP) is 2.04. The largest absolute Gasteiger partial charge is 0.465 e. The molecule has 0 saturated heterocycles. The summed E-state index contributed by atoms with van der Waals surface area (Å²) in [6.07, 6.45) is 0. The Morgan fingerprint density at radius 2 is 2.04 bits per heavy atom. The van der Waals surface area contributed by atoms with Crippen LogP contribution in [-0.2, 0) is 11.3 Å². The molecule has 0 radical (unpaired) electrons. The van der Waals surface area contributed by atoms with E-state index in [1.165, 1.54) is 18.9 Å². The van der Waals surface area contributed by atoms with E-state index in [0.717, 1.165) is 0 Å². The number of esters is 1. The maximum absolute atomic E-state index is 12.5. The van der Waals surface area contributed by atoms with Crippen molar-refractivity contribution in [3.8, 4) is 0 Å². The zero-order chi connectivity index (χ0) is 17.9. The summed E-state index contributed by atoms with van der Waals surface area (Å²) in [7, 11) is 1.32. The Morgan fingerprint density at radius 1 is 1.33 bits per heavy atom. The lowest BCUT2D eigenvalue weighted by molar-refractivity contribution is 0.0599. The number of hydrogen-bond acceptors (Lipinski definition) is 7. The highest BCUT2D eigenvalue weighted by Gasteiger charge is 2.23. The van der Waals surface area contributed by atoms with Crippen LogP contribution >= 0.6 is 11.8 Å². The fourth-order valence-corrected chi connectivity index (χ4v) is 3.16. The van der Waals surface area contributed by atoms with Gasteiger partial charge in [0.15, 0.2) is 5.78 Å². The molecule has 130 valence electrons. The van der Waals surface area contributed by atoms with Crippen LogP contribution in [0.2, 0.25) is 0 Å². The van der Waals surface area contributed by atoms with Crippen LogP contribution < -0.4 is 0 Å². The van der Waals surface area contributed by atoms with Gasteiger partial charge in [-0.1, -0.05) is 25.6 Å². The first-order valence-electron chi connectivity index (χ1n) is 7.54. The summed E-state index contributed by atoms with van der Waals surface area (Å²) in [5.41, 5.74) is 2.06. The van der Waals surface area contributed by atoms with Gasteiger partial charge in [0.05, 0.1) is 24.1 Å². The molecule has 8 nitrogen and oxygen atoms in total. The molecule has 0 saturated carbocycles. The molecule has 2 rings (SSSR count). The number of aryl methyl sites for hydroxylation is 1. The number of rotatable bonds is 7. The summed E-state index contributed by atoms with van der Waals surface area (Å²) in [6, 6.07) is 0. The normalized spacial score (nSPS) is 11.1. The van der Waals surface area contributed by atoms with Gasteiger partial charge in [0.1, 0.15) is 0 Å². The van der Waals surface area contributed by atoms with E-state index in [2.05, 4.69) is 34.4 Å². The van der Waals surface area contributed by atoms with Crippen LogP contribution in [0.1, 0.15) is 46.0 Å². The first-order valence-corrected chi connectivity index (χ1v) is 8.53. The Labute approximate surface area is 144 Å². The number of H-pyrrole nitrogens is 1. The highest BCUT2D eigenvalue weighted by molar-refractivity contribution is 7.99. The van der Waals surface area contributed by atoms with E-state index in [4.69, 9.17) is 4.74 Å². The van der Waals surface area contributed by atoms with Crippen LogP contribution in [0.4, 0.5) is 0 Å². The molecule has 2 heterocycles. The van der Waals surface area contributed by atoms with Crippen molar-refractivity contribution < 1.29 is 14.3 Å². The average Bonchev–Trinajstić information content (AvgIpc) is 3.08. The molecule has 0 bridgehead atoms. The number of ether oxygens (including phenoxy) is 1. The van der Waals surface area contributed by atoms with E-state index in [-0.39, 0.29) is 11.5 Å². The second kappa shape index (κ2) is 7.61. The Hall–Kier alpha value is -2.16. The van der Waals surface area contributed by atoms with Gasteiger partial charge < -0.3 is 9.72 Å². The van der Waals surface area contributed by atoms with E-state index in [1.807, 2.05) is 0 Å². The van der Waals surface area contributed by atoms with Crippen LogP contribution in [0.5, 0.6) is 0 Å². The fourth-order valence-electron chi connectivity index (χ4n) is 2.40. The topological polar surface area (TPSA) is 103 Å². The third-order valence-corrected chi connectivity index (χ3v) is 4.43. The molecule has 0 aliphatic carbocycles. The molecule has 2 aromatic heterocycles. The van der Waals surface area contributed by atoms with Gasteiger partial charge in [-0.05, 0) is 35.8 Å². The first kappa shape index (κ1) is 18.2. The molecule has 0 aromatic carbocycles. The maximum Gasteiger partial charge on any atom is 0.339 e. The molecule has 0 unspecified atom stereocenters. The van der Waals surface area contributed by atoms with Crippen molar-refractivity contribution in [2.45, 2.75) is 39.4 Å². The minimum absolute atomic E-state index is 0.116. The summed E-state index contributed by atoms with van der Waals surface area (Å²) in [6.45, 7) is 8.31. The second-order valence-electron chi connectivity index (χ2n) is 5.87. The Balaban J connectivity index is 2.11. The van der Waals surface area contributed by atoms with Gasteiger partial charge in [-0.25, -0.2) is 9.48 Å². The van der Waals surface area contributed by atoms with Crippen molar-refractivity contribution in [2.75, 3.05) is 12.9 Å². The van der Waals surface area contributed by atoms with Gasteiger partial charge in [-0.3, -0.25) is 4.79 Å². The standard InChI is InChI=1S/C15H21N5O3S/c1-8(2)6-20-15(17-18-19-20)24-7-11(21)13-9(3)12(10(4)16-13)14(22)23-5/h8,16H,6-7H2,1-5H3. The molecule has 0 atom stereocenters. The maximum atomic E-state index is 12.5. The number of Topliss-reactive ketones (excluding diaryl/α,β-unsaturated/α-hetero) is 1. The molecule has 0 amide bonds. The first-order chi connectivity index (χ1) is 11.3. The smallest absolute Gasteiger partial charge is 0.339 e. The average molecular weight is 351 g/mol. The van der Waals surface area contributed by atoms with Crippen LogP contribution in [-0.4, -0.2) is 49.8 Å². The summed E-state index contributed by atoms with van der Waals surface area (Å²) >= 11 is 1.28. The number of hydrogen-bond donors (Lipinski definition) is 1. The molecule has 0 aliphatic heterocycles. The quantitative estimate of drug-likeness (QED) is 0.462. The summed E-state index contributed by atoms with van der Waals surface area (Å²) in [5.74, 6) is 0.0167. The Bertz CT molecular complexity index is 750. The molecular formula is C15H21N5O3S. The number of ketones is 1. The number of thioether (sulfide) groups is 1. The van der Waals surface area contributed by atoms with E-state index in [1.54, 1.807) is 18.5 Å². The number of carbonyl (C=O) groups is 2. The highest BCUT2D eigenvalue weighted by atomic mass is 32.2. The number of aromatic amines is 1. The Kier molecular flexibility index (Phi) is 5.76. The number of nitrogens with one attached hydrogen (secondary N) is 1. The molecule has 2 aromatic rings. The minimum atomic E-state index is -0.450. The van der Waals surface area contributed by atoms with Gasteiger partial charge in [0, 0.05) is 12.2 Å². The van der Waals surface area contributed by atoms with E-state index in [0.29, 0.717) is 40.1 Å². The molecule has 0 spiro atoms. The molecule has 0 aliphatic rings. The summed E-state index contributed by atoms with van der Waals surface area (Å²) in [4.78, 5) is 27.3. The fraction of sp³-hybridized carbons (Fsp3) is 0.533. The van der Waals surface area contributed by atoms with Crippen LogP contribution in [0.15, 0.2) is 5.16 Å². The molecule has 24 heavy (non-hydrogen) atoms. The summed E-state index contributed by atoms with van der Waals surface area (Å²) in [5, 5.41) is 12.1. The van der Waals surface area contributed by atoms with Gasteiger partial charge in [-0.15, -0.1) is 5.10 Å². The van der Waals surface area contributed by atoms with E-state index >= 15 is 0 Å². The highest BCUT2D eigenvalue weighted by Crippen LogP contribution is 2.22. The lowest BCUT2D eigenvalue weighted by Gasteiger charge is -2.06. The van der Waals surface area contributed by atoms with Gasteiger partial charge in [-0.2, -0.15) is 0 Å². The SMILES string of the molecule is COC(=O)c1c(C)[nH]c(C(=O)CSc2nnnn2CC(C)C)c1C. The number of tetrazole rings is 1. The molecule has 9 heteroatoms. The zero-order valence-electron chi connectivity index (χ0n) is 14.4. The monoisotopic (exact) mass is 351 g/mol. The van der Waals surface area contributed by atoms with E-state index in [9.17, 15) is 9.59 Å². The van der Waals surface area contributed by atoms with Gasteiger partial charge in [0.25, 0.3) is 0 Å². The third-order valence-electron chi connectivity index (χ3n) is 3.48. The lowest BCUT2D eigenvalue weighted by atomic mass is 10.1. The summed E-state index contributed by atoms with van der Waals surface area (Å²) < 4.78 is 6.45. The van der Waals surface area contributed by atoms with Gasteiger partial charge in [0.2, 0.25) is 5.16 Å². The predicted molar refractivity (Wildman–Crippen MR) is 89.3 cm³/mol. The van der Waals surface area contributed by atoms with Crippen molar-refractivity contribution in [2.24, 2.45) is 5.92 Å². The second-order valence-corrected chi connectivity index (χ2v) is 6.81. The van der Waals surface area contributed by atoms with Crippen LogP contribution in [0, 0.1) is 19.8 Å². The van der Waals surface area contributed by atoms with Crippen LogP contribution in [0.25, 0.3) is 0 Å². The third kappa shape index (κ3) is 3.84. The number of aromatic nitrogens is 5. The van der Waals surface area contributed by atoms with Crippen molar-refractivity contribution in [3.05, 3.63) is 22.5 Å². The minimum Gasteiger partial charge on any atom is -0.465 e. The lowest BCUT2D eigenvalue weighted by Crippen LogP contribution is -2.10. The van der Waals surface area contributed by atoms with Crippen molar-refractivity contribution in [1.82, 2.24) is 25.2 Å². The number of carbonyl (C=O) groups excluding carboxylic acids is 2. The zero-order valence-corrected chi connectivity index (χ0v) is 15.2. The van der Waals surface area contributed by atoms with Crippen molar-refractivity contribution >= 4 is 23.5 Å². The van der Waals surface area contributed by atoms with Crippen molar-refractivity contribution in [3.63, 3.8) is 0 Å². The molecule has 1 N–H and O–H groups in total. The van der Waals surface area contributed by atoms with Crippen LogP contribution in [0.3, 0.4) is 0 Å². The molecular weight excluding hydrogens is 330 g/mol. The Morgan fingerprint density at radius 3 is 2.67 bits per heavy atom. The number of nitrogens with zero attached hydrogens (tertiary/aromatic N) is 4. The van der Waals surface area contributed by atoms with Crippen molar-refractivity contribution in [1.29, 1.82) is 0 Å².